The molecule has 16 heavy (non-hydrogen) atoms. The third-order valence-corrected chi connectivity index (χ3v) is 2.01. The van der Waals surface area contributed by atoms with E-state index in [4.69, 9.17) is 9.84 Å². The van der Waals surface area contributed by atoms with E-state index in [0.29, 0.717) is 5.75 Å². The van der Waals surface area contributed by atoms with Crippen LogP contribution >= 0.6 is 0 Å². The van der Waals surface area contributed by atoms with Crippen LogP contribution in [0.5, 0.6) is 11.5 Å². The van der Waals surface area contributed by atoms with Crippen LogP contribution in [0, 0.1) is 0 Å². The molecule has 1 rings (SSSR count). The highest BCUT2D eigenvalue weighted by Crippen LogP contribution is 2.22. The van der Waals surface area contributed by atoms with Crippen molar-refractivity contribution in [3.05, 3.63) is 23.8 Å². The number of phenols is 1. The summed E-state index contributed by atoms with van der Waals surface area (Å²) in [6.07, 6.45) is -0.628. The van der Waals surface area contributed by atoms with E-state index < -0.39 is 12.0 Å². The Hall–Kier alpha value is -1.75. The SMILES string of the molecule is COc1ccc(O)c(C(=O)NC[C@H](C)O)c1. The number of carbonyl (C=O) groups is 1. The largest absolute Gasteiger partial charge is 0.507 e. The highest BCUT2D eigenvalue weighted by molar-refractivity contribution is 5.97. The average Bonchev–Trinajstić information content (AvgIpc) is 2.26. The fourth-order valence-corrected chi connectivity index (χ4v) is 1.16. The minimum Gasteiger partial charge on any atom is -0.507 e. The highest BCUT2D eigenvalue weighted by atomic mass is 16.5. The predicted octanol–water partition coefficient (Wildman–Crippen LogP) is 0.511. The van der Waals surface area contributed by atoms with Crippen molar-refractivity contribution >= 4 is 5.91 Å². The summed E-state index contributed by atoms with van der Waals surface area (Å²) in [5.41, 5.74) is 0.125. The minimum atomic E-state index is -0.628. The Kier molecular flexibility index (Phi) is 4.13. The maximum atomic E-state index is 11.6. The van der Waals surface area contributed by atoms with Crippen molar-refractivity contribution in [1.29, 1.82) is 0 Å². The zero-order valence-electron chi connectivity index (χ0n) is 9.23. The van der Waals surface area contributed by atoms with Gasteiger partial charge in [-0.15, -0.1) is 0 Å². The van der Waals surface area contributed by atoms with Gasteiger partial charge < -0.3 is 20.3 Å². The van der Waals surface area contributed by atoms with Gasteiger partial charge in [-0.1, -0.05) is 0 Å². The summed E-state index contributed by atoms with van der Waals surface area (Å²) in [7, 11) is 1.48. The Bertz CT molecular complexity index is 376. The number of aromatic hydroxyl groups is 1. The minimum absolute atomic E-state index is 0.121. The van der Waals surface area contributed by atoms with Gasteiger partial charge in [-0.25, -0.2) is 0 Å². The molecular formula is C11H15NO4. The number of aliphatic hydroxyl groups is 1. The number of amides is 1. The first-order valence-electron chi connectivity index (χ1n) is 4.88. The topological polar surface area (TPSA) is 78.8 Å². The van der Waals surface area contributed by atoms with Crippen molar-refractivity contribution in [2.24, 2.45) is 0 Å². The number of hydrogen-bond acceptors (Lipinski definition) is 4. The molecule has 0 aliphatic heterocycles. The molecule has 0 radical (unpaired) electrons. The van der Waals surface area contributed by atoms with Crippen molar-refractivity contribution in [3.63, 3.8) is 0 Å². The molecular weight excluding hydrogens is 210 g/mol. The molecule has 0 saturated heterocycles. The van der Waals surface area contributed by atoms with Crippen molar-refractivity contribution in [2.75, 3.05) is 13.7 Å². The van der Waals surface area contributed by atoms with Crippen LogP contribution in [0.3, 0.4) is 0 Å². The quantitative estimate of drug-likeness (QED) is 0.697. The summed E-state index contributed by atoms with van der Waals surface area (Å²) < 4.78 is 4.95. The van der Waals surface area contributed by atoms with Crippen LogP contribution in [0.2, 0.25) is 0 Å². The van der Waals surface area contributed by atoms with Crippen LogP contribution in [-0.2, 0) is 0 Å². The number of hydrogen-bond donors (Lipinski definition) is 3. The molecule has 0 spiro atoms. The molecule has 0 unspecified atom stereocenters. The number of rotatable bonds is 4. The number of benzene rings is 1. The van der Waals surface area contributed by atoms with Crippen LogP contribution in [0.15, 0.2) is 18.2 Å². The molecule has 1 amide bonds. The lowest BCUT2D eigenvalue weighted by Crippen LogP contribution is -2.30. The highest BCUT2D eigenvalue weighted by Gasteiger charge is 2.12. The molecule has 1 aromatic carbocycles. The number of methoxy groups -OCH3 is 1. The maximum Gasteiger partial charge on any atom is 0.255 e. The fraction of sp³-hybridized carbons (Fsp3) is 0.364. The van der Waals surface area contributed by atoms with E-state index in [1.807, 2.05) is 0 Å². The molecule has 0 fully saturated rings. The normalized spacial score (nSPS) is 11.9. The van der Waals surface area contributed by atoms with Crippen LogP contribution in [0.1, 0.15) is 17.3 Å². The fourth-order valence-electron chi connectivity index (χ4n) is 1.16. The van der Waals surface area contributed by atoms with Crippen molar-refractivity contribution < 1.29 is 19.7 Å². The van der Waals surface area contributed by atoms with E-state index in [9.17, 15) is 9.90 Å². The molecule has 1 atom stereocenters. The predicted molar refractivity (Wildman–Crippen MR) is 58.7 cm³/mol. The summed E-state index contributed by atoms with van der Waals surface area (Å²) in [5.74, 6) is -0.0822. The lowest BCUT2D eigenvalue weighted by Gasteiger charge is -2.09. The van der Waals surface area contributed by atoms with Gasteiger partial charge in [0, 0.05) is 6.54 Å². The van der Waals surface area contributed by atoms with Crippen molar-refractivity contribution in [2.45, 2.75) is 13.0 Å². The smallest absolute Gasteiger partial charge is 0.255 e. The molecule has 1 aromatic rings. The third kappa shape index (κ3) is 3.13. The van der Waals surface area contributed by atoms with Gasteiger partial charge in [0.1, 0.15) is 11.5 Å². The summed E-state index contributed by atoms with van der Waals surface area (Å²) in [6.45, 7) is 1.70. The summed E-state index contributed by atoms with van der Waals surface area (Å²) >= 11 is 0. The van der Waals surface area contributed by atoms with Crippen molar-refractivity contribution in [3.8, 4) is 11.5 Å². The van der Waals surface area contributed by atoms with Gasteiger partial charge in [-0.2, -0.15) is 0 Å². The Labute approximate surface area is 93.7 Å². The molecule has 5 nitrogen and oxygen atoms in total. The van der Waals surface area contributed by atoms with Crippen LogP contribution < -0.4 is 10.1 Å². The zero-order valence-corrected chi connectivity index (χ0v) is 9.23. The molecule has 5 heteroatoms. The number of carbonyl (C=O) groups excluding carboxylic acids is 1. The zero-order chi connectivity index (χ0) is 12.1. The molecule has 0 aliphatic carbocycles. The first kappa shape index (κ1) is 12.3. The van der Waals surface area contributed by atoms with Gasteiger partial charge in [-0.3, -0.25) is 4.79 Å². The van der Waals surface area contributed by atoms with Gasteiger partial charge in [0.25, 0.3) is 5.91 Å². The van der Waals surface area contributed by atoms with E-state index >= 15 is 0 Å². The number of nitrogens with one attached hydrogen (secondary N) is 1. The standard InChI is InChI=1S/C11H15NO4/c1-7(13)6-12-11(15)9-5-8(16-2)3-4-10(9)14/h3-5,7,13-14H,6H2,1-2H3,(H,12,15)/t7-/m0/s1. The molecule has 0 heterocycles. The third-order valence-electron chi connectivity index (χ3n) is 2.01. The van der Waals surface area contributed by atoms with Crippen LogP contribution in [0.4, 0.5) is 0 Å². The second-order valence-electron chi connectivity index (χ2n) is 3.44. The molecule has 0 aromatic heterocycles. The van der Waals surface area contributed by atoms with Gasteiger partial charge in [0.2, 0.25) is 0 Å². The summed E-state index contributed by atoms with van der Waals surface area (Å²) in [4.78, 5) is 11.6. The first-order chi connectivity index (χ1) is 7.54. The Morgan fingerprint density at radius 3 is 2.81 bits per heavy atom. The van der Waals surface area contributed by atoms with Crippen molar-refractivity contribution in [1.82, 2.24) is 5.32 Å². The van der Waals surface area contributed by atoms with Crippen LogP contribution in [0.25, 0.3) is 0 Å². The van der Waals surface area contributed by atoms with E-state index in [1.54, 1.807) is 13.0 Å². The number of phenolic OH excluding ortho intramolecular Hbond substituents is 1. The van der Waals surface area contributed by atoms with Gasteiger partial charge in [0.15, 0.2) is 0 Å². The summed E-state index contributed by atoms with van der Waals surface area (Å²) in [5, 5.41) is 21.0. The number of aliphatic hydroxyl groups excluding tert-OH is 1. The lowest BCUT2D eigenvalue weighted by molar-refractivity contribution is 0.0921. The van der Waals surface area contributed by atoms with E-state index in [2.05, 4.69) is 5.32 Å². The Balaban J connectivity index is 2.81. The first-order valence-corrected chi connectivity index (χ1v) is 4.88. The van der Waals surface area contributed by atoms with Gasteiger partial charge >= 0.3 is 0 Å². The van der Waals surface area contributed by atoms with E-state index in [-0.39, 0.29) is 17.9 Å². The number of ether oxygens (including phenoxy) is 1. The molecule has 0 saturated carbocycles. The lowest BCUT2D eigenvalue weighted by atomic mass is 10.1. The van der Waals surface area contributed by atoms with E-state index in [1.165, 1.54) is 19.2 Å². The average molecular weight is 225 g/mol. The summed E-state index contributed by atoms with van der Waals surface area (Å²) in [6, 6.07) is 4.38. The second kappa shape index (κ2) is 5.37. The van der Waals surface area contributed by atoms with Gasteiger partial charge in [0.05, 0.1) is 18.8 Å². The maximum absolute atomic E-state index is 11.6. The molecule has 3 N–H and O–H groups in total. The van der Waals surface area contributed by atoms with Gasteiger partial charge in [-0.05, 0) is 25.1 Å². The monoisotopic (exact) mass is 225 g/mol. The Morgan fingerprint density at radius 1 is 1.56 bits per heavy atom. The van der Waals surface area contributed by atoms with Crippen LogP contribution in [-0.4, -0.2) is 35.9 Å². The molecule has 0 bridgehead atoms. The van der Waals surface area contributed by atoms with E-state index in [0.717, 1.165) is 0 Å². The Morgan fingerprint density at radius 2 is 2.25 bits per heavy atom. The second-order valence-corrected chi connectivity index (χ2v) is 3.44. The molecule has 0 aliphatic rings. The molecule has 88 valence electrons.